The number of rotatable bonds is 6. The molecule has 0 heterocycles. The van der Waals surface area contributed by atoms with E-state index < -0.39 is 41.1 Å². The third kappa shape index (κ3) is 4.89. The zero-order chi connectivity index (χ0) is 13.7. The quantitative estimate of drug-likeness (QED) is 0.763. The van der Waals surface area contributed by atoms with Crippen molar-refractivity contribution in [2.24, 2.45) is 0 Å². The molecular weight excluding hydrogens is 261 g/mol. The van der Waals surface area contributed by atoms with Crippen LogP contribution in [0.25, 0.3) is 0 Å². The largest absolute Gasteiger partial charge is 0.402 e. The van der Waals surface area contributed by atoms with Crippen LogP contribution in [0.3, 0.4) is 0 Å². The van der Waals surface area contributed by atoms with Crippen molar-refractivity contribution in [3.63, 3.8) is 0 Å². The molecule has 0 fully saturated rings. The van der Waals surface area contributed by atoms with E-state index in [-0.39, 0.29) is 10.7 Å². The Labute approximate surface area is 97.5 Å². The molecule has 0 aromatic heterocycles. The molecule has 1 unspecified atom stereocenters. The summed E-state index contributed by atoms with van der Waals surface area (Å²) in [6, 6.07) is 1.44. The molecule has 0 spiro atoms. The van der Waals surface area contributed by atoms with Gasteiger partial charge in [-0.25, -0.2) is 8.42 Å². The number of halogens is 3. The summed E-state index contributed by atoms with van der Waals surface area (Å²) in [5.74, 6) is 0. The molecule has 0 saturated heterocycles. The van der Waals surface area contributed by atoms with Gasteiger partial charge in [-0.05, 0) is 6.42 Å². The third-order valence-corrected chi connectivity index (χ3v) is 4.13. The Hall–Kier alpha value is -0.850. The summed E-state index contributed by atoms with van der Waals surface area (Å²) in [6.07, 6.45) is -4.82. The third-order valence-electron chi connectivity index (χ3n) is 1.94. The number of nitriles is 1. The number of aliphatic hydroxyl groups excluding tert-OH is 1. The van der Waals surface area contributed by atoms with E-state index in [2.05, 4.69) is 0 Å². The topological polar surface area (TPSA) is 81.4 Å². The van der Waals surface area contributed by atoms with E-state index in [1.807, 2.05) is 0 Å². The molecule has 1 atom stereocenters. The number of alkyl halides is 3. The van der Waals surface area contributed by atoms with E-state index in [0.29, 0.717) is 0 Å². The molecule has 0 aromatic carbocycles. The Bertz CT molecular complexity index is 374. The number of nitrogens with zero attached hydrogens (tertiary/aromatic N) is 2. The van der Waals surface area contributed by atoms with Gasteiger partial charge < -0.3 is 5.11 Å². The van der Waals surface area contributed by atoms with E-state index in [1.54, 1.807) is 0 Å². The second-order valence-electron chi connectivity index (χ2n) is 3.24. The highest BCUT2D eigenvalue weighted by Gasteiger charge is 2.39. The number of hydrogen-bond donors (Lipinski definition) is 1. The Kier molecular flexibility index (Phi) is 5.87. The summed E-state index contributed by atoms with van der Waals surface area (Å²) in [6.45, 7) is -1.73. The Morgan fingerprint density at radius 3 is 2.29 bits per heavy atom. The standard InChI is InChI=1S/C8H13F3N2O3S/c1-2-7(5-12)17(15,16)13(3-4-14)6-8(9,10)11/h7,14H,2-4,6H2,1H3. The van der Waals surface area contributed by atoms with E-state index >= 15 is 0 Å². The molecular formula is C8H13F3N2O3S. The lowest BCUT2D eigenvalue weighted by Gasteiger charge is -2.24. The molecule has 0 aromatic rings. The van der Waals surface area contributed by atoms with E-state index in [9.17, 15) is 21.6 Å². The van der Waals surface area contributed by atoms with Crippen molar-refractivity contribution in [3.8, 4) is 6.07 Å². The average molecular weight is 274 g/mol. The average Bonchev–Trinajstić information content (AvgIpc) is 2.16. The van der Waals surface area contributed by atoms with Crippen LogP contribution in [0.2, 0.25) is 0 Å². The molecule has 0 amide bonds. The summed E-state index contributed by atoms with van der Waals surface area (Å²) in [7, 11) is -4.37. The van der Waals surface area contributed by atoms with Gasteiger partial charge in [-0.2, -0.15) is 22.7 Å². The van der Waals surface area contributed by atoms with Crippen molar-refractivity contribution in [1.29, 1.82) is 5.26 Å². The summed E-state index contributed by atoms with van der Waals surface area (Å²) in [5, 5.41) is 15.6. The Morgan fingerprint density at radius 1 is 1.47 bits per heavy atom. The maximum atomic E-state index is 12.2. The van der Waals surface area contributed by atoms with Crippen molar-refractivity contribution < 1.29 is 26.7 Å². The highest BCUT2D eigenvalue weighted by Crippen LogP contribution is 2.21. The Balaban J connectivity index is 5.12. The first-order valence-corrected chi connectivity index (χ1v) is 6.25. The lowest BCUT2D eigenvalue weighted by atomic mass is 10.4. The smallest absolute Gasteiger partial charge is 0.395 e. The van der Waals surface area contributed by atoms with Gasteiger partial charge in [0.25, 0.3) is 0 Å². The maximum absolute atomic E-state index is 12.2. The van der Waals surface area contributed by atoms with E-state index in [0.717, 1.165) is 0 Å². The van der Waals surface area contributed by atoms with Gasteiger partial charge in [-0.1, -0.05) is 6.92 Å². The minimum atomic E-state index is -4.71. The van der Waals surface area contributed by atoms with Gasteiger partial charge in [-0.3, -0.25) is 0 Å². The summed E-state index contributed by atoms with van der Waals surface area (Å²) < 4.78 is 59.9. The van der Waals surface area contributed by atoms with Crippen molar-refractivity contribution in [1.82, 2.24) is 4.31 Å². The molecule has 0 rings (SSSR count). The molecule has 0 radical (unpaired) electrons. The van der Waals surface area contributed by atoms with Crippen molar-refractivity contribution >= 4 is 10.0 Å². The van der Waals surface area contributed by atoms with Gasteiger partial charge in [0, 0.05) is 6.54 Å². The first kappa shape index (κ1) is 16.1. The first-order chi connectivity index (χ1) is 7.69. The van der Waals surface area contributed by atoms with Gasteiger partial charge in [0.05, 0.1) is 12.7 Å². The zero-order valence-electron chi connectivity index (χ0n) is 9.11. The summed E-state index contributed by atoms with van der Waals surface area (Å²) in [4.78, 5) is 0. The van der Waals surface area contributed by atoms with E-state index in [4.69, 9.17) is 10.4 Å². The minimum absolute atomic E-state index is 0.0877. The highest BCUT2D eigenvalue weighted by molar-refractivity contribution is 7.90. The SMILES string of the molecule is CCC(C#N)S(=O)(=O)N(CCO)CC(F)(F)F. The monoisotopic (exact) mass is 274 g/mol. The van der Waals surface area contributed by atoms with Crippen molar-refractivity contribution in [3.05, 3.63) is 0 Å². The van der Waals surface area contributed by atoms with Crippen LogP contribution >= 0.6 is 0 Å². The predicted molar refractivity (Wildman–Crippen MR) is 53.3 cm³/mol. The first-order valence-electron chi connectivity index (χ1n) is 4.75. The minimum Gasteiger partial charge on any atom is -0.395 e. The van der Waals surface area contributed by atoms with Gasteiger partial charge in [0.15, 0.2) is 5.25 Å². The predicted octanol–water partition coefficient (Wildman–Crippen LogP) is 0.475. The fraction of sp³-hybridized carbons (Fsp3) is 0.875. The van der Waals surface area contributed by atoms with Crippen LogP contribution in [0.5, 0.6) is 0 Å². The van der Waals surface area contributed by atoms with Crippen molar-refractivity contribution in [2.75, 3.05) is 19.7 Å². The Morgan fingerprint density at radius 2 is 2.00 bits per heavy atom. The molecule has 17 heavy (non-hydrogen) atoms. The van der Waals surface area contributed by atoms with Gasteiger partial charge >= 0.3 is 6.18 Å². The molecule has 5 nitrogen and oxygen atoms in total. The number of sulfonamides is 1. The molecule has 0 bridgehead atoms. The molecule has 0 aliphatic carbocycles. The molecule has 1 N–H and O–H groups in total. The van der Waals surface area contributed by atoms with Gasteiger partial charge in [0.1, 0.15) is 6.54 Å². The molecule has 0 aliphatic rings. The molecule has 0 saturated carbocycles. The van der Waals surface area contributed by atoms with Gasteiger partial charge in [0.2, 0.25) is 10.0 Å². The maximum Gasteiger partial charge on any atom is 0.402 e. The fourth-order valence-corrected chi connectivity index (χ4v) is 2.73. The summed E-state index contributed by atoms with van der Waals surface area (Å²) in [5.41, 5.74) is 0. The van der Waals surface area contributed by atoms with Crippen LogP contribution in [0.15, 0.2) is 0 Å². The van der Waals surface area contributed by atoms with Crippen LogP contribution < -0.4 is 0 Å². The zero-order valence-corrected chi connectivity index (χ0v) is 9.92. The normalized spacial score (nSPS) is 14.6. The summed E-state index contributed by atoms with van der Waals surface area (Å²) >= 11 is 0. The number of hydrogen-bond acceptors (Lipinski definition) is 4. The molecule has 9 heteroatoms. The lowest BCUT2D eigenvalue weighted by molar-refractivity contribution is -0.136. The lowest BCUT2D eigenvalue weighted by Crippen LogP contribution is -2.44. The fourth-order valence-electron chi connectivity index (χ4n) is 1.16. The van der Waals surface area contributed by atoms with Crippen LogP contribution in [-0.4, -0.2) is 49.0 Å². The van der Waals surface area contributed by atoms with Crippen LogP contribution in [0.1, 0.15) is 13.3 Å². The van der Waals surface area contributed by atoms with Crippen LogP contribution in [-0.2, 0) is 10.0 Å². The van der Waals surface area contributed by atoms with Crippen LogP contribution in [0.4, 0.5) is 13.2 Å². The second-order valence-corrected chi connectivity index (χ2v) is 5.36. The molecule has 100 valence electrons. The number of aliphatic hydroxyl groups is 1. The molecule has 0 aliphatic heterocycles. The van der Waals surface area contributed by atoms with Crippen molar-refractivity contribution in [2.45, 2.75) is 24.8 Å². The second kappa shape index (κ2) is 6.18. The van der Waals surface area contributed by atoms with E-state index in [1.165, 1.54) is 13.0 Å². The highest BCUT2D eigenvalue weighted by atomic mass is 32.2. The van der Waals surface area contributed by atoms with Gasteiger partial charge in [-0.15, -0.1) is 0 Å². The van der Waals surface area contributed by atoms with Crippen LogP contribution in [0, 0.1) is 11.3 Å².